The summed E-state index contributed by atoms with van der Waals surface area (Å²) in [5, 5.41) is 12.1. The molecule has 0 saturated carbocycles. The third kappa shape index (κ3) is 4.26. The second-order valence-electron chi connectivity index (χ2n) is 13.3. The molecule has 0 amide bonds. The molecular formula is C47H29N5. The van der Waals surface area contributed by atoms with Crippen molar-refractivity contribution >= 4 is 59.9 Å². The van der Waals surface area contributed by atoms with E-state index in [1.807, 2.05) is 28.8 Å². The van der Waals surface area contributed by atoms with Crippen molar-refractivity contribution in [2.24, 2.45) is 0 Å². The first-order valence-electron chi connectivity index (χ1n) is 17.5. The van der Waals surface area contributed by atoms with E-state index in [1.165, 1.54) is 27.2 Å². The lowest BCUT2D eigenvalue weighted by Crippen LogP contribution is -1.99. The van der Waals surface area contributed by atoms with Crippen LogP contribution in [-0.4, -0.2) is 24.1 Å². The minimum absolute atomic E-state index is 0.788. The van der Waals surface area contributed by atoms with Gasteiger partial charge < -0.3 is 4.57 Å². The fourth-order valence-electron chi connectivity index (χ4n) is 8.00. The van der Waals surface area contributed by atoms with Crippen LogP contribution in [0, 0.1) is 0 Å². The molecule has 4 heterocycles. The number of hydrogen-bond donors (Lipinski definition) is 0. The van der Waals surface area contributed by atoms with Crippen molar-refractivity contribution in [1.82, 2.24) is 24.1 Å². The molecule has 5 heteroatoms. The summed E-state index contributed by atoms with van der Waals surface area (Å²) in [6.07, 6.45) is 0. The molecule has 0 saturated heterocycles. The zero-order valence-electron chi connectivity index (χ0n) is 28.0. The summed E-state index contributed by atoms with van der Waals surface area (Å²) in [5.41, 5.74) is 11.3. The summed E-state index contributed by atoms with van der Waals surface area (Å²) in [5.74, 6) is 0.788. The van der Waals surface area contributed by atoms with Crippen LogP contribution in [0.4, 0.5) is 0 Å². The minimum Gasteiger partial charge on any atom is -0.309 e. The molecule has 0 atom stereocenters. The van der Waals surface area contributed by atoms with Gasteiger partial charge in [0.2, 0.25) is 0 Å². The number of fused-ring (bicyclic) bond motifs is 10. The number of benzene rings is 7. The topological polar surface area (TPSA) is 48.0 Å². The quantitative estimate of drug-likeness (QED) is 0.176. The number of pyridine rings is 1. The Balaban J connectivity index is 1.19. The third-order valence-electron chi connectivity index (χ3n) is 10.3. The van der Waals surface area contributed by atoms with Gasteiger partial charge in [-0.25, -0.2) is 14.5 Å². The van der Waals surface area contributed by atoms with Gasteiger partial charge in [0.1, 0.15) is 0 Å². The zero-order valence-corrected chi connectivity index (χ0v) is 28.0. The lowest BCUT2D eigenvalue weighted by molar-refractivity contribution is 0.949. The summed E-state index contributed by atoms with van der Waals surface area (Å²) >= 11 is 0. The second kappa shape index (κ2) is 11.2. The van der Waals surface area contributed by atoms with Crippen molar-refractivity contribution in [2.45, 2.75) is 0 Å². The predicted molar refractivity (Wildman–Crippen MR) is 214 cm³/mol. The number of nitrogens with zero attached hydrogens (tertiary/aromatic N) is 5. The zero-order chi connectivity index (χ0) is 34.2. The van der Waals surface area contributed by atoms with Crippen LogP contribution in [0.25, 0.3) is 99.5 Å². The maximum absolute atomic E-state index is 5.37. The van der Waals surface area contributed by atoms with Gasteiger partial charge >= 0.3 is 0 Å². The van der Waals surface area contributed by atoms with Gasteiger partial charge in [-0.15, -0.1) is 0 Å². The largest absolute Gasteiger partial charge is 0.309 e. The molecule has 0 spiro atoms. The highest BCUT2D eigenvalue weighted by Crippen LogP contribution is 2.42. The molecular weight excluding hydrogens is 635 g/mol. The van der Waals surface area contributed by atoms with Gasteiger partial charge in [-0.2, -0.15) is 5.10 Å². The van der Waals surface area contributed by atoms with Crippen LogP contribution in [0.1, 0.15) is 0 Å². The molecule has 7 aromatic carbocycles. The van der Waals surface area contributed by atoms with E-state index in [2.05, 4.69) is 156 Å². The number of hydrogen-bond acceptors (Lipinski definition) is 3. The first-order chi connectivity index (χ1) is 25.8. The van der Waals surface area contributed by atoms with Crippen LogP contribution < -0.4 is 0 Å². The van der Waals surface area contributed by atoms with Gasteiger partial charge in [0.15, 0.2) is 5.82 Å². The predicted octanol–water partition coefficient (Wildman–Crippen LogP) is 11.7. The Hall–Kier alpha value is -7.11. The van der Waals surface area contributed by atoms with E-state index in [0.29, 0.717) is 0 Å². The molecule has 0 N–H and O–H groups in total. The molecule has 0 aliphatic rings. The maximum atomic E-state index is 5.37. The van der Waals surface area contributed by atoms with E-state index in [9.17, 15) is 0 Å². The number of aromatic nitrogens is 5. The van der Waals surface area contributed by atoms with Crippen molar-refractivity contribution in [1.29, 1.82) is 0 Å². The van der Waals surface area contributed by atoms with E-state index in [1.54, 1.807) is 0 Å². The van der Waals surface area contributed by atoms with Crippen LogP contribution in [0.5, 0.6) is 0 Å². The standard InChI is InChI=1S/C47H29N5/c1-3-14-30(15-4-1)40-29-43-34-20-7-10-23-38(34)49-47(52(43)50-40)32-17-13-16-31(28-32)46-37-26-27-42-45(44(37)35-21-8-11-24-39(35)48-46)36-22-9-12-25-41(36)51(42)33-18-5-2-6-19-33/h1-29H. The first kappa shape index (κ1) is 28.7. The average Bonchev–Trinajstić information content (AvgIpc) is 3.82. The molecule has 0 radical (unpaired) electrons. The summed E-state index contributed by atoms with van der Waals surface area (Å²) < 4.78 is 4.38. The fraction of sp³-hybridized carbons (Fsp3) is 0. The highest BCUT2D eigenvalue weighted by molar-refractivity contribution is 6.29. The van der Waals surface area contributed by atoms with Crippen LogP contribution in [-0.2, 0) is 0 Å². The number of para-hydroxylation sites is 4. The van der Waals surface area contributed by atoms with E-state index in [0.717, 1.165) is 72.3 Å². The van der Waals surface area contributed by atoms with Crippen molar-refractivity contribution in [3.05, 3.63) is 176 Å². The average molecular weight is 664 g/mol. The van der Waals surface area contributed by atoms with E-state index < -0.39 is 0 Å². The molecule has 11 rings (SSSR count). The van der Waals surface area contributed by atoms with Gasteiger partial charge in [0, 0.05) is 54.7 Å². The monoisotopic (exact) mass is 663 g/mol. The molecule has 4 aromatic heterocycles. The normalized spacial score (nSPS) is 11.8. The molecule has 0 aliphatic carbocycles. The van der Waals surface area contributed by atoms with Crippen LogP contribution in [0.15, 0.2) is 176 Å². The van der Waals surface area contributed by atoms with Crippen LogP contribution >= 0.6 is 0 Å². The van der Waals surface area contributed by atoms with Crippen molar-refractivity contribution in [3.63, 3.8) is 0 Å². The van der Waals surface area contributed by atoms with E-state index in [4.69, 9.17) is 15.1 Å². The Bertz CT molecular complexity index is 3180. The number of rotatable bonds is 4. The van der Waals surface area contributed by atoms with Crippen molar-refractivity contribution in [3.8, 4) is 39.6 Å². The Morgan fingerprint density at radius 1 is 0.385 bits per heavy atom. The van der Waals surface area contributed by atoms with Gasteiger partial charge in [0.05, 0.1) is 39.0 Å². The van der Waals surface area contributed by atoms with Gasteiger partial charge in [-0.1, -0.05) is 127 Å². The molecule has 242 valence electrons. The molecule has 11 aromatic rings. The highest BCUT2D eigenvalue weighted by atomic mass is 15.3. The smallest absolute Gasteiger partial charge is 0.161 e. The summed E-state index contributed by atoms with van der Waals surface area (Å²) in [6, 6.07) is 61.8. The molecule has 0 aliphatic heterocycles. The third-order valence-corrected chi connectivity index (χ3v) is 10.3. The Kier molecular flexibility index (Phi) is 6.18. The Labute approximate surface area is 298 Å². The van der Waals surface area contributed by atoms with Gasteiger partial charge in [0.25, 0.3) is 0 Å². The van der Waals surface area contributed by atoms with Crippen molar-refractivity contribution < 1.29 is 0 Å². The van der Waals surface area contributed by atoms with E-state index >= 15 is 0 Å². The summed E-state index contributed by atoms with van der Waals surface area (Å²) in [7, 11) is 0. The van der Waals surface area contributed by atoms with Crippen LogP contribution in [0.3, 0.4) is 0 Å². The first-order valence-corrected chi connectivity index (χ1v) is 17.5. The van der Waals surface area contributed by atoms with E-state index in [-0.39, 0.29) is 0 Å². The van der Waals surface area contributed by atoms with Gasteiger partial charge in [-0.3, -0.25) is 0 Å². The lowest BCUT2D eigenvalue weighted by Gasteiger charge is -2.14. The molecule has 0 bridgehead atoms. The molecule has 0 unspecified atom stereocenters. The lowest BCUT2D eigenvalue weighted by atomic mass is 9.95. The molecule has 0 fully saturated rings. The summed E-state index contributed by atoms with van der Waals surface area (Å²) in [6.45, 7) is 0. The molecule has 5 nitrogen and oxygen atoms in total. The SMILES string of the molecule is c1ccc(-c2cc3c4ccccc4nc(-c4cccc(-c5nc6ccccc6c6c5ccc5c6c6ccccc6n5-c5ccccc5)c4)n3n2)cc1. The maximum Gasteiger partial charge on any atom is 0.161 e. The van der Waals surface area contributed by atoms with Gasteiger partial charge in [-0.05, 0) is 48.5 Å². The van der Waals surface area contributed by atoms with Crippen molar-refractivity contribution in [2.75, 3.05) is 0 Å². The minimum atomic E-state index is 0.788. The Morgan fingerprint density at radius 2 is 1.04 bits per heavy atom. The highest BCUT2D eigenvalue weighted by Gasteiger charge is 2.20. The fourth-order valence-corrected chi connectivity index (χ4v) is 8.00. The van der Waals surface area contributed by atoms with Crippen LogP contribution in [0.2, 0.25) is 0 Å². The second-order valence-corrected chi connectivity index (χ2v) is 13.3. The summed E-state index contributed by atoms with van der Waals surface area (Å²) in [4.78, 5) is 10.6. The molecule has 52 heavy (non-hydrogen) atoms. The Morgan fingerprint density at radius 3 is 1.87 bits per heavy atom.